The van der Waals surface area contributed by atoms with Gasteiger partial charge in [-0.2, -0.15) is 5.10 Å². The smallest absolute Gasteiger partial charge is 0.175 e. The lowest BCUT2D eigenvalue weighted by molar-refractivity contribution is 0.477. The van der Waals surface area contributed by atoms with Crippen LogP contribution >= 0.6 is 0 Å². The van der Waals surface area contributed by atoms with Crippen LogP contribution in [-0.4, -0.2) is 26.6 Å². The molecule has 0 amide bonds. The second-order valence-electron chi connectivity index (χ2n) is 5.08. The van der Waals surface area contributed by atoms with E-state index in [1.807, 2.05) is 27.8 Å². The zero-order valence-corrected chi connectivity index (χ0v) is 13.0. The summed E-state index contributed by atoms with van der Waals surface area (Å²) in [5, 5.41) is 7.34. The summed E-state index contributed by atoms with van der Waals surface area (Å²) in [6, 6.07) is 0. The van der Waals surface area contributed by atoms with Gasteiger partial charge >= 0.3 is 0 Å². The number of hydrogen-bond acceptors (Lipinski definition) is 6. The fourth-order valence-corrected chi connectivity index (χ4v) is 2.59. The SMILES string of the molecule is CNc1c(N)nc(C)c(Oc2cnn3ccnc(C)c23)c1C. The molecule has 0 radical (unpaired) electrons. The second-order valence-corrected chi connectivity index (χ2v) is 5.08. The van der Waals surface area contributed by atoms with E-state index < -0.39 is 0 Å². The molecule has 3 rings (SSSR count). The number of fused-ring (bicyclic) bond motifs is 1. The zero-order valence-electron chi connectivity index (χ0n) is 13.0. The van der Waals surface area contributed by atoms with Crippen molar-refractivity contribution < 1.29 is 4.74 Å². The van der Waals surface area contributed by atoms with E-state index in [1.165, 1.54) is 0 Å². The van der Waals surface area contributed by atoms with Crippen LogP contribution in [0.1, 0.15) is 17.0 Å². The number of pyridine rings is 1. The molecule has 0 spiro atoms. The molecule has 0 aliphatic carbocycles. The van der Waals surface area contributed by atoms with Crippen LogP contribution in [0.15, 0.2) is 18.6 Å². The molecule has 0 aromatic carbocycles. The van der Waals surface area contributed by atoms with Crippen molar-refractivity contribution in [2.24, 2.45) is 0 Å². The third kappa shape index (κ3) is 2.11. The first kappa shape index (κ1) is 14.1. The zero-order chi connectivity index (χ0) is 15.9. The largest absolute Gasteiger partial charge is 0.451 e. The second kappa shape index (κ2) is 5.18. The van der Waals surface area contributed by atoms with Crippen LogP contribution in [-0.2, 0) is 0 Å². The number of nitrogens with one attached hydrogen (secondary N) is 1. The summed E-state index contributed by atoms with van der Waals surface area (Å²) in [4.78, 5) is 8.62. The number of nitrogens with two attached hydrogens (primary N) is 1. The van der Waals surface area contributed by atoms with Gasteiger partial charge in [0.05, 0.1) is 23.3 Å². The number of aryl methyl sites for hydroxylation is 2. The average Bonchev–Trinajstić information content (AvgIpc) is 2.88. The summed E-state index contributed by atoms with van der Waals surface area (Å²) in [6.07, 6.45) is 5.17. The highest BCUT2D eigenvalue weighted by atomic mass is 16.5. The van der Waals surface area contributed by atoms with Crippen LogP contribution in [0.3, 0.4) is 0 Å². The molecule has 22 heavy (non-hydrogen) atoms. The standard InChI is InChI=1S/C15H18N6O/c1-8-12(17-4)15(16)20-10(3)14(8)22-11-7-19-21-6-5-18-9(2)13(11)21/h5-7,17H,1-4H3,(H2,16,20). The average molecular weight is 298 g/mol. The van der Waals surface area contributed by atoms with Gasteiger partial charge in [0.15, 0.2) is 11.5 Å². The predicted octanol–water partition coefficient (Wildman–Crippen LogP) is 2.47. The summed E-state index contributed by atoms with van der Waals surface area (Å²) in [5.74, 6) is 1.78. The highest BCUT2D eigenvalue weighted by molar-refractivity contribution is 5.71. The molecule has 3 aromatic rings. The van der Waals surface area contributed by atoms with Crippen LogP contribution in [0.4, 0.5) is 11.5 Å². The predicted molar refractivity (Wildman–Crippen MR) is 85.5 cm³/mol. The van der Waals surface area contributed by atoms with Crippen LogP contribution in [0.5, 0.6) is 11.5 Å². The van der Waals surface area contributed by atoms with Gasteiger partial charge in [-0.15, -0.1) is 0 Å². The van der Waals surface area contributed by atoms with E-state index in [0.29, 0.717) is 17.3 Å². The lowest BCUT2D eigenvalue weighted by Crippen LogP contribution is -2.05. The number of hydrogen-bond donors (Lipinski definition) is 2. The first-order valence-corrected chi connectivity index (χ1v) is 6.94. The Balaban J connectivity index is 2.13. The third-order valence-corrected chi connectivity index (χ3v) is 3.63. The molecule has 3 heterocycles. The van der Waals surface area contributed by atoms with Gasteiger partial charge in [0.25, 0.3) is 0 Å². The van der Waals surface area contributed by atoms with Gasteiger partial charge in [-0.25, -0.2) is 9.50 Å². The lowest BCUT2D eigenvalue weighted by Gasteiger charge is -2.15. The quantitative estimate of drug-likeness (QED) is 0.772. The van der Waals surface area contributed by atoms with E-state index in [-0.39, 0.29) is 0 Å². The molecule has 0 saturated carbocycles. The van der Waals surface area contributed by atoms with Crippen LogP contribution in [0.2, 0.25) is 0 Å². The van der Waals surface area contributed by atoms with E-state index in [4.69, 9.17) is 10.5 Å². The minimum Gasteiger partial charge on any atom is -0.451 e. The molecular formula is C15H18N6O. The Hall–Kier alpha value is -2.83. The summed E-state index contributed by atoms with van der Waals surface area (Å²) < 4.78 is 7.83. The molecule has 3 aromatic heterocycles. The van der Waals surface area contributed by atoms with Crippen molar-refractivity contribution in [2.75, 3.05) is 18.1 Å². The number of aromatic nitrogens is 4. The van der Waals surface area contributed by atoms with Crippen molar-refractivity contribution in [2.45, 2.75) is 20.8 Å². The molecule has 0 unspecified atom stereocenters. The molecule has 0 bridgehead atoms. The Morgan fingerprint density at radius 3 is 2.73 bits per heavy atom. The molecule has 114 valence electrons. The maximum Gasteiger partial charge on any atom is 0.175 e. The Morgan fingerprint density at radius 1 is 1.23 bits per heavy atom. The first-order valence-electron chi connectivity index (χ1n) is 6.94. The molecular weight excluding hydrogens is 280 g/mol. The van der Waals surface area contributed by atoms with Gasteiger partial charge in [-0.3, -0.25) is 4.98 Å². The van der Waals surface area contributed by atoms with E-state index in [9.17, 15) is 0 Å². The summed E-state index contributed by atoms with van der Waals surface area (Å²) in [6.45, 7) is 5.74. The number of rotatable bonds is 3. The molecule has 0 fully saturated rings. The fraction of sp³-hybridized carbons (Fsp3) is 0.267. The Morgan fingerprint density at radius 2 is 2.00 bits per heavy atom. The topological polar surface area (TPSA) is 90.4 Å². The number of anilines is 2. The number of nitrogens with zero attached hydrogens (tertiary/aromatic N) is 4. The van der Waals surface area contributed by atoms with Crippen molar-refractivity contribution in [1.29, 1.82) is 0 Å². The van der Waals surface area contributed by atoms with Gasteiger partial charge in [0.1, 0.15) is 11.3 Å². The van der Waals surface area contributed by atoms with E-state index >= 15 is 0 Å². The van der Waals surface area contributed by atoms with Crippen molar-refractivity contribution >= 4 is 17.0 Å². The van der Waals surface area contributed by atoms with Crippen molar-refractivity contribution in [3.8, 4) is 11.5 Å². The number of ether oxygens (including phenoxy) is 1. The van der Waals surface area contributed by atoms with Gasteiger partial charge in [0.2, 0.25) is 0 Å². The monoisotopic (exact) mass is 298 g/mol. The van der Waals surface area contributed by atoms with Crippen LogP contribution in [0, 0.1) is 20.8 Å². The van der Waals surface area contributed by atoms with Gasteiger partial charge in [0, 0.05) is 25.0 Å². The van der Waals surface area contributed by atoms with Crippen LogP contribution < -0.4 is 15.8 Å². The van der Waals surface area contributed by atoms with E-state index in [1.54, 1.807) is 23.1 Å². The minimum atomic E-state index is 0.461. The molecule has 0 aliphatic heterocycles. The molecule has 7 nitrogen and oxygen atoms in total. The third-order valence-electron chi connectivity index (χ3n) is 3.63. The Kier molecular flexibility index (Phi) is 3.32. The number of nitrogen functional groups attached to an aromatic ring is 1. The maximum absolute atomic E-state index is 6.09. The molecule has 3 N–H and O–H groups in total. The molecule has 0 atom stereocenters. The first-order chi connectivity index (χ1) is 10.5. The van der Waals surface area contributed by atoms with E-state index in [2.05, 4.69) is 20.4 Å². The summed E-state index contributed by atoms with van der Waals surface area (Å²) in [5.41, 5.74) is 10.0. The van der Waals surface area contributed by atoms with Gasteiger partial charge < -0.3 is 15.8 Å². The van der Waals surface area contributed by atoms with E-state index in [0.717, 1.165) is 28.2 Å². The maximum atomic E-state index is 6.09. The van der Waals surface area contributed by atoms with Crippen molar-refractivity contribution in [1.82, 2.24) is 19.6 Å². The Labute approximate surface area is 128 Å². The van der Waals surface area contributed by atoms with Gasteiger partial charge in [-0.05, 0) is 20.8 Å². The Bertz CT molecular complexity index is 855. The molecule has 7 heteroatoms. The van der Waals surface area contributed by atoms with Gasteiger partial charge in [-0.1, -0.05) is 0 Å². The molecule has 0 aliphatic rings. The van der Waals surface area contributed by atoms with Crippen molar-refractivity contribution in [3.63, 3.8) is 0 Å². The molecule has 0 saturated heterocycles. The summed E-state index contributed by atoms with van der Waals surface area (Å²) in [7, 11) is 1.81. The minimum absolute atomic E-state index is 0.461. The summed E-state index contributed by atoms with van der Waals surface area (Å²) >= 11 is 0. The fourth-order valence-electron chi connectivity index (χ4n) is 2.59. The van der Waals surface area contributed by atoms with Crippen molar-refractivity contribution in [3.05, 3.63) is 35.5 Å². The van der Waals surface area contributed by atoms with Crippen LogP contribution in [0.25, 0.3) is 5.52 Å². The highest BCUT2D eigenvalue weighted by Gasteiger charge is 2.17. The normalized spacial score (nSPS) is 10.9. The highest BCUT2D eigenvalue weighted by Crippen LogP contribution is 2.36. The lowest BCUT2D eigenvalue weighted by atomic mass is 10.1.